The highest BCUT2D eigenvalue weighted by atomic mass is 16.5. The largest absolute Gasteiger partial charge is 0.493 e. The number of para-hydroxylation sites is 2. The number of carbonyl (C=O) groups excluding carboxylic acids is 2. The molecule has 2 heterocycles. The second-order valence-electron chi connectivity index (χ2n) is 6.12. The third kappa shape index (κ3) is 4.04. The molecule has 0 bridgehead atoms. The van der Waals surface area contributed by atoms with E-state index in [0.29, 0.717) is 50.8 Å². The summed E-state index contributed by atoms with van der Waals surface area (Å²) in [6.45, 7) is 2.79. The van der Waals surface area contributed by atoms with E-state index in [2.05, 4.69) is 0 Å². The summed E-state index contributed by atoms with van der Waals surface area (Å²) in [6, 6.07) is 6.81. The number of ether oxygens (including phenoxy) is 3. The van der Waals surface area contributed by atoms with Crippen LogP contribution in [0.25, 0.3) is 0 Å². The van der Waals surface area contributed by atoms with Gasteiger partial charge in [0.25, 0.3) is 5.91 Å². The fourth-order valence-electron chi connectivity index (χ4n) is 3.28. The zero-order chi connectivity index (χ0) is 17.6. The van der Waals surface area contributed by atoms with Crippen LogP contribution >= 0.6 is 0 Å². The molecule has 0 spiro atoms. The average Bonchev–Trinajstić information content (AvgIpc) is 3.16. The molecular weight excluding hydrogens is 324 g/mol. The number of rotatable bonds is 5. The van der Waals surface area contributed by atoms with E-state index >= 15 is 0 Å². The normalized spacial score (nSPS) is 20.4. The Bertz CT molecular complexity index is 615. The summed E-state index contributed by atoms with van der Waals surface area (Å²) < 4.78 is 16.1. The molecule has 7 heteroatoms. The highest BCUT2D eigenvalue weighted by Crippen LogP contribution is 2.26. The Morgan fingerprint density at radius 2 is 1.88 bits per heavy atom. The number of benzene rings is 1. The highest BCUT2D eigenvalue weighted by molar-refractivity contribution is 5.89. The molecular formula is C18H24N2O5. The summed E-state index contributed by atoms with van der Waals surface area (Å²) in [7, 11) is 1.56. The van der Waals surface area contributed by atoms with E-state index in [1.54, 1.807) is 29.0 Å². The summed E-state index contributed by atoms with van der Waals surface area (Å²) in [5.41, 5.74) is 0. The SMILES string of the molecule is COc1ccccc1OCC(=O)N1CCC[C@H]1C(=O)N1CCOCC1. The second-order valence-corrected chi connectivity index (χ2v) is 6.12. The minimum Gasteiger partial charge on any atom is -0.493 e. The summed E-state index contributed by atoms with van der Waals surface area (Å²) >= 11 is 0. The van der Waals surface area contributed by atoms with Crippen LogP contribution in [0.3, 0.4) is 0 Å². The lowest BCUT2D eigenvalue weighted by molar-refractivity contribution is -0.147. The van der Waals surface area contributed by atoms with Crippen molar-refractivity contribution in [1.82, 2.24) is 9.80 Å². The van der Waals surface area contributed by atoms with Gasteiger partial charge in [0.2, 0.25) is 5.91 Å². The van der Waals surface area contributed by atoms with Gasteiger partial charge in [0.15, 0.2) is 18.1 Å². The molecule has 2 aliphatic heterocycles. The zero-order valence-electron chi connectivity index (χ0n) is 14.5. The lowest BCUT2D eigenvalue weighted by Crippen LogP contribution is -2.51. The average molecular weight is 348 g/mol. The molecule has 2 fully saturated rings. The van der Waals surface area contributed by atoms with E-state index < -0.39 is 0 Å². The van der Waals surface area contributed by atoms with Crippen LogP contribution in [-0.2, 0) is 14.3 Å². The maximum absolute atomic E-state index is 12.7. The molecule has 0 radical (unpaired) electrons. The van der Waals surface area contributed by atoms with Crippen molar-refractivity contribution in [2.45, 2.75) is 18.9 Å². The molecule has 136 valence electrons. The molecule has 25 heavy (non-hydrogen) atoms. The monoisotopic (exact) mass is 348 g/mol. The van der Waals surface area contributed by atoms with Crippen LogP contribution in [0.2, 0.25) is 0 Å². The number of hydrogen-bond acceptors (Lipinski definition) is 5. The highest BCUT2D eigenvalue weighted by Gasteiger charge is 2.37. The Morgan fingerprint density at radius 3 is 2.60 bits per heavy atom. The number of methoxy groups -OCH3 is 1. The van der Waals surface area contributed by atoms with Crippen molar-refractivity contribution >= 4 is 11.8 Å². The summed E-state index contributed by atoms with van der Waals surface area (Å²) in [4.78, 5) is 28.7. The maximum atomic E-state index is 12.7. The van der Waals surface area contributed by atoms with Crippen molar-refractivity contribution in [2.75, 3.05) is 46.6 Å². The van der Waals surface area contributed by atoms with Gasteiger partial charge in [-0.05, 0) is 25.0 Å². The summed E-state index contributed by atoms with van der Waals surface area (Å²) in [6.07, 6.45) is 1.54. The van der Waals surface area contributed by atoms with E-state index in [1.807, 2.05) is 12.1 Å². The first-order chi connectivity index (χ1) is 12.2. The lowest BCUT2D eigenvalue weighted by Gasteiger charge is -2.32. The van der Waals surface area contributed by atoms with Crippen molar-refractivity contribution in [2.24, 2.45) is 0 Å². The van der Waals surface area contributed by atoms with Crippen LogP contribution in [-0.4, -0.2) is 74.2 Å². The van der Waals surface area contributed by atoms with Crippen molar-refractivity contribution in [1.29, 1.82) is 0 Å². The summed E-state index contributed by atoms with van der Waals surface area (Å²) in [5.74, 6) is 0.952. The maximum Gasteiger partial charge on any atom is 0.261 e. The van der Waals surface area contributed by atoms with Crippen molar-refractivity contribution in [3.63, 3.8) is 0 Å². The smallest absolute Gasteiger partial charge is 0.261 e. The van der Waals surface area contributed by atoms with Crippen LogP contribution in [0.5, 0.6) is 11.5 Å². The van der Waals surface area contributed by atoms with Crippen molar-refractivity contribution in [3.05, 3.63) is 24.3 Å². The van der Waals surface area contributed by atoms with Crippen LogP contribution in [0.15, 0.2) is 24.3 Å². The molecule has 0 aromatic heterocycles. The van der Waals surface area contributed by atoms with E-state index in [1.165, 1.54) is 0 Å². The number of hydrogen-bond donors (Lipinski definition) is 0. The van der Waals surface area contributed by atoms with Gasteiger partial charge in [0.1, 0.15) is 6.04 Å². The predicted molar refractivity (Wildman–Crippen MR) is 90.6 cm³/mol. The molecule has 2 aliphatic rings. The molecule has 7 nitrogen and oxygen atoms in total. The predicted octanol–water partition coefficient (Wildman–Crippen LogP) is 0.924. The first kappa shape index (κ1) is 17.5. The van der Waals surface area contributed by atoms with Crippen LogP contribution in [0, 0.1) is 0 Å². The molecule has 0 aliphatic carbocycles. The molecule has 0 unspecified atom stereocenters. The summed E-state index contributed by atoms with van der Waals surface area (Å²) in [5, 5.41) is 0. The first-order valence-corrected chi connectivity index (χ1v) is 8.62. The topological polar surface area (TPSA) is 68.3 Å². The molecule has 3 rings (SSSR count). The van der Waals surface area contributed by atoms with E-state index in [4.69, 9.17) is 14.2 Å². The number of likely N-dealkylation sites (tertiary alicyclic amines) is 1. The fourth-order valence-corrected chi connectivity index (χ4v) is 3.28. The third-order valence-electron chi connectivity index (χ3n) is 4.60. The fraction of sp³-hybridized carbons (Fsp3) is 0.556. The quantitative estimate of drug-likeness (QED) is 0.792. The third-order valence-corrected chi connectivity index (χ3v) is 4.60. The van der Waals surface area contributed by atoms with E-state index in [0.717, 1.165) is 6.42 Å². The van der Waals surface area contributed by atoms with Gasteiger partial charge < -0.3 is 24.0 Å². The van der Waals surface area contributed by atoms with Crippen LogP contribution in [0.4, 0.5) is 0 Å². The number of carbonyl (C=O) groups is 2. The number of amides is 2. The van der Waals surface area contributed by atoms with Crippen molar-refractivity contribution in [3.8, 4) is 11.5 Å². The van der Waals surface area contributed by atoms with Gasteiger partial charge in [0, 0.05) is 19.6 Å². The minimum absolute atomic E-state index is 0.0199. The molecule has 1 aromatic rings. The molecule has 1 aromatic carbocycles. The Kier molecular flexibility index (Phi) is 5.75. The van der Waals surface area contributed by atoms with Gasteiger partial charge in [0.05, 0.1) is 20.3 Å². The second kappa shape index (κ2) is 8.20. The van der Waals surface area contributed by atoms with Gasteiger partial charge >= 0.3 is 0 Å². The Hall–Kier alpha value is -2.28. The van der Waals surface area contributed by atoms with Gasteiger partial charge in [-0.3, -0.25) is 9.59 Å². The van der Waals surface area contributed by atoms with Crippen LogP contribution in [0.1, 0.15) is 12.8 Å². The number of nitrogens with zero attached hydrogens (tertiary/aromatic N) is 2. The molecule has 2 saturated heterocycles. The van der Waals surface area contributed by atoms with Crippen molar-refractivity contribution < 1.29 is 23.8 Å². The zero-order valence-corrected chi connectivity index (χ0v) is 14.5. The molecule has 0 saturated carbocycles. The minimum atomic E-state index is -0.383. The Morgan fingerprint density at radius 1 is 1.16 bits per heavy atom. The van der Waals surface area contributed by atoms with E-state index in [9.17, 15) is 9.59 Å². The van der Waals surface area contributed by atoms with Crippen LogP contribution < -0.4 is 9.47 Å². The Labute approximate surface area is 147 Å². The molecule has 1 atom stereocenters. The van der Waals surface area contributed by atoms with Gasteiger partial charge in [-0.15, -0.1) is 0 Å². The lowest BCUT2D eigenvalue weighted by atomic mass is 10.2. The standard InChI is InChI=1S/C18H24N2O5/c1-23-15-6-2-3-7-16(15)25-13-17(21)20-8-4-5-14(20)18(22)19-9-11-24-12-10-19/h2-3,6-7,14H,4-5,8-13H2,1H3/t14-/m0/s1. The number of morpholine rings is 1. The first-order valence-electron chi connectivity index (χ1n) is 8.62. The molecule has 0 N–H and O–H groups in total. The van der Waals surface area contributed by atoms with Gasteiger partial charge in [-0.1, -0.05) is 12.1 Å². The van der Waals surface area contributed by atoms with Gasteiger partial charge in [-0.25, -0.2) is 0 Å². The molecule has 2 amide bonds. The van der Waals surface area contributed by atoms with Gasteiger partial charge in [-0.2, -0.15) is 0 Å². The van der Waals surface area contributed by atoms with E-state index in [-0.39, 0.29) is 24.5 Å². The Balaban J connectivity index is 1.59.